The van der Waals surface area contributed by atoms with Gasteiger partial charge in [-0.25, -0.2) is 0 Å². The van der Waals surface area contributed by atoms with Crippen molar-refractivity contribution in [3.63, 3.8) is 0 Å². The van der Waals surface area contributed by atoms with E-state index in [9.17, 15) is 9.59 Å². The highest BCUT2D eigenvalue weighted by Crippen LogP contribution is 2.28. The van der Waals surface area contributed by atoms with E-state index < -0.39 is 6.04 Å². The molecule has 2 amide bonds. The molecule has 4 rings (SSSR count). The summed E-state index contributed by atoms with van der Waals surface area (Å²) in [4.78, 5) is 25.7. The van der Waals surface area contributed by atoms with Gasteiger partial charge in [0, 0.05) is 22.9 Å². The van der Waals surface area contributed by atoms with Crippen LogP contribution in [0, 0.1) is 5.92 Å². The van der Waals surface area contributed by atoms with E-state index in [2.05, 4.69) is 20.8 Å². The van der Waals surface area contributed by atoms with Crippen LogP contribution in [0.15, 0.2) is 54.6 Å². The normalized spacial score (nSPS) is 14.9. The molecule has 1 aliphatic rings. The number of aromatic nitrogens is 2. The van der Waals surface area contributed by atoms with Crippen LogP contribution in [-0.4, -0.2) is 28.1 Å². The first-order valence-corrected chi connectivity index (χ1v) is 11.5. The molecule has 1 aliphatic carbocycles. The highest BCUT2D eigenvalue weighted by Gasteiger charge is 2.28. The lowest BCUT2D eigenvalue weighted by Gasteiger charge is -2.20. The maximum absolute atomic E-state index is 13.1. The number of carbonyl (C=O) groups is 2. The largest absolute Gasteiger partial charge is 0.344 e. The minimum absolute atomic E-state index is 0.0101. The van der Waals surface area contributed by atoms with Crippen LogP contribution in [0.3, 0.4) is 0 Å². The molecule has 160 valence electrons. The lowest BCUT2D eigenvalue weighted by Crippen LogP contribution is -2.47. The summed E-state index contributed by atoms with van der Waals surface area (Å²) in [5.41, 5.74) is 1.85. The Morgan fingerprint density at radius 1 is 1.03 bits per heavy atom. The number of benzene rings is 2. The monoisotopic (exact) mass is 454 g/mol. The van der Waals surface area contributed by atoms with Crippen molar-refractivity contribution in [3.8, 4) is 10.6 Å². The highest BCUT2D eigenvalue weighted by atomic mass is 35.5. The molecule has 1 aromatic heterocycles. The van der Waals surface area contributed by atoms with E-state index in [1.165, 1.54) is 11.3 Å². The first-order chi connectivity index (χ1) is 15.1. The van der Waals surface area contributed by atoms with Gasteiger partial charge >= 0.3 is 0 Å². The predicted octanol–water partition coefficient (Wildman–Crippen LogP) is 4.71. The van der Waals surface area contributed by atoms with Gasteiger partial charge < -0.3 is 5.32 Å². The van der Waals surface area contributed by atoms with Gasteiger partial charge in [0.1, 0.15) is 11.0 Å². The molecule has 8 heteroatoms. The Bertz CT molecular complexity index is 1030. The zero-order chi connectivity index (χ0) is 21.6. The fourth-order valence-corrected chi connectivity index (χ4v) is 4.59. The van der Waals surface area contributed by atoms with E-state index in [1.54, 1.807) is 12.1 Å². The first kappa shape index (κ1) is 21.5. The van der Waals surface area contributed by atoms with Gasteiger partial charge in [-0.15, -0.1) is 10.2 Å². The van der Waals surface area contributed by atoms with Crippen molar-refractivity contribution in [2.45, 2.75) is 38.1 Å². The average molecular weight is 455 g/mol. The van der Waals surface area contributed by atoms with E-state index in [0.29, 0.717) is 21.6 Å². The van der Waals surface area contributed by atoms with Crippen LogP contribution < -0.4 is 10.6 Å². The number of carbonyl (C=O) groups excluding carboxylic acids is 2. The number of hydrogen-bond acceptors (Lipinski definition) is 5. The van der Waals surface area contributed by atoms with Gasteiger partial charge in [-0.2, -0.15) is 0 Å². The molecule has 2 aromatic carbocycles. The third kappa shape index (κ3) is 5.68. The summed E-state index contributed by atoms with van der Waals surface area (Å²) in [6.45, 7) is 0. The van der Waals surface area contributed by atoms with E-state index in [-0.39, 0.29) is 17.7 Å². The van der Waals surface area contributed by atoms with Crippen LogP contribution in [-0.2, 0) is 16.0 Å². The molecule has 0 saturated heterocycles. The summed E-state index contributed by atoms with van der Waals surface area (Å²) < 4.78 is 0. The average Bonchev–Trinajstić information content (AvgIpc) is 3.47. The topological polar surface area (TPSA) is 84.0 Å². The van der Waals surface area contributed by atoms with E-state index >= 15 is 0 Å². The lowest BCUT2D eigenvalue weighted by atomic mass is 10.0. The number of hydrogen-bond donors (Lipinski definition) is 2. The van der Waals surface area contributed by atoms with Crippen LogP contribution in [0.2, 0.25) is 5.02 Å². The van der Waals surface area contributed by atoms with Gasteiger partial charge in [0.25, 0.3) is 0 Å². The minimum Gasteiger partial charge on any atom is -0.344 e. The lowest BCUT2D eigenvalue weighted by molar-refractivity contribution is -0.129. The second-order valence-electron chi connectivity index (χ2n) is 7.64. The summed E-state index contributed by atoms with van der Waals surface area (Å²) in [5, 5.41) is 15.8. The second kappa shape index (κ2) is 10.0. The Hall–Kier alpha value is -2.77. The molecular weight excluding hydrogens is 432 g/mol. The minimum atomic E-state index is -0.682. The molecule has 2 N–H and O–H groups in total. The van der Waals surface area contributed by atoms with Gasteiger partial charge in [0.2, 0.25) is 16.9 Å². The molecule has 0 spiro atoms. The molecule has 1 atom stereocenters. The van der Waals surface area contributed by atoms with Crippen LogP contribution in [0.4, 0.5) is 5.13 Å². The highest BCUT2D eigenvalue weighted by molar-refractivity contribution is 7.18. The number of anilines is 1. The van der Waals surface area contributed by atoms with E-state index in [4.69, 9.17) is 11.6 Å². The van der Waals surface area contributed by atoms with Gasteiger partial charge in [-0.05, 0) is 30.5 Å². The fraction of sp³-hybridized carbons (Fsp3) is 0.304. The Morgan fingerprint density at radius 2 is 1.74 bits per heavy atom. The molecule has 6 nitrogen and oxygen atoms in total. The molecule has 31 heavy (non-hydrogen) atoms. The molecule has 1 unspecified atom stereocenters. The number of halogens is 1. The third-order valence-corrected chi connectivity index (χ3v) is 6.53. The zero-order valence-electron chi connectivity index (χ0n) is 16.9. The molecule has 0 bridgehead atoms. The van der Waals surface area contributed by atoms with Crippen molar-refractivity contribution < 1.29 is 9.59 Å². The quantitative estimate of drug-likeness (QED) is 0.541. The third-order valence-electron chi connectivity index (χ3n) is 5.39. The van der Waals surface area contributed by atoms with Crippen LogP contribution in [0.25, 0.3) is 10.6 Å². The molecular formula is C23H23ClN4O2S. The molecule has 1 saturated carbocycles. The van der Waals surface area contributed by atoms with Crippen molar-refractivity contribution >= 4 is 39.9 Å². The van der Waals surface area contributed by atoms with Crippen LogP contribution in [0.5, 0.6) is 0 Å². The smallest absolute Gasteiger partial charge is 0.249 e. The van der Waals surface area contributed by atoms with Gasteiger partial charge in [0.15, 0.2) is 0 Å². The number of nitrogens with one attached hydrogen (secondary N) is 2. The van der Waals surface area contributed by atoms with Crippen molar-refractivity contribution in [2.75, 3.05) is 5.32 Å². The van der Waals surface area contributed by atoms with Crippen molar-refractivity contribution in [3.05, 3.63) is 65.2 Å². The summed E-state index contributed by atoms with van der Waals surface area (Å²) in [7, 11) is 0. The predicted molar refractivity (Wildman–Crippen MR) is 123 cm³/mol. The number of amides is 2. The summed E-state index contributed by atoms with van der Waals surface area (Å²) in [6, 6.07) is 16.3. The fourth-order valence-electron chi connectivity index (χ4n) is 3.71. The Morgan fingerprint density at radius 3 is 2.45 bits per heavy atom. The maximum Gasteiger partial charge on any atom is 0.249 e. The summed E-state index contributed by atoms with van der Waals surface area (Å²) >= 11 is 7.22. The second-order valence-corrected chi connectivity index (χ2v) is 9.05. The molecule has 1 heterocycles. The van der Waals surface area contributed by atoms with Gasteiger partial charge in [0.05, 0.1) is 0 Å². The van der Waals surface area contributed by atoms with Crippen LogP contribution in [0.1, 0.15) is 31.2 Å². The molecule has 0 radical (unpaired) electrons. The maximum atomic E-state index is 13.1. The standard InChI is InChI=1S/C23H23ClN4O2S/c24-18-12-10-17(11-13-18)22-27-28-23(31-22)26-21(30)19(14-15-6-2-1-3-7-15)25-20(29)16-8-4-5-9-16/h1-3,6-7,10-13,16,19H,4-5,8-9,14H2,(H,25,29)(H,26,28,30). The number of nitrogens with zero attached hydrogens (tertiary/aromatic N) is 2. The Labute approximate surface area is 190 Å². The van der Waals surface area contributed by atoms with Gasteiger partial charge in [-0.3, -0.25) is 14.9 Å². The molecule has 1 fully saturated rings. The van der Waals surface area contributed by atoms with E-state index in [0.717, 1.165) is 36.8 Å². The van der Waals surface area contributed by atoms with Crippen molar-refractivity contribution in [1.82, 2.24) is 15.5 Å². The van der Waals surface area contributed by atoms with Crippen molar-refractivity contribution in [2.24, 2.45) is 5.92 Å². The van der Waals surface area contributed by atoms with Gasteiger partial charge in [-0.1, -0.05) is 78.2 Å². The number of rotatable bonds is 7. The summed E-state index contributed by atoms with van der Waals surface area (Å²) in [6.07, 6.45) is 4.30. The zero-order valence-corrected chi connectivity index (χ0v) is 18.5. The molecule has 0 aliphatic heterocycles. The van der Waals surface area contributed by atoms with E-state index in [1.807, 2.05) is 42.5 Å². The Balaban J connectivity index is 1.47. The van der Waals surface area contributed by atoms with Crippen molar-refractivity contribution in [1.29, 1.82) is 0 Å². The van der Waals surface area contributed by atoms with Crippen LogP contribution >= 0.6 is 22.9 Å². The molecule has 3 aromatic rings. The first-order valence-electron chi connectivity index (χ1n) is 10.3. The Kier molecular flexibility index (Phi) is 6.94. The SMILES string of the molecule is O=C(NC(Cc1ccccc1)C(=O)Nc1nnc(-c2ccc(Cl)cc2)s1)C1CCCC1. The summed E-state index contributed by atoms with van der Waals surface area (Å²) in [5.74, 6) is -0.356.